The van der Waals surface area contributed by atoms with Gasteiger partial charge in [-0.2, -0.15) is 0 Å². The Hall–Kier alpha value is -0.360. The van der Waals surface area contributed by atoms with Crippen LogP contribution in [-0.2, 0) is 14.3 Å². The number of ether oxygens (including phenoxy) is 2. The molecule has 5 nitrogen and oxygen atoms in total. The summed E-state index contributed by atoms with van der Waals surface area (Å²) in [6.07, 6.45) is -0.0640. The average Bonchev–Trinajstić information content (AvgIpc) is 2.25. The van der Waals surface area contributed by atoms with Gasteiger partial charge in [0.15, 0.2) is 0 Å². The van der Waals surface area contributed by atoms with Crippen LogP contribution in [0, 0.1) is 0 Å². The fraction of sp³-hybridized carbons (Fsp3) is 0.900. The predicted octanol–water partition coefficient (Wildman–Crippen LogP) is -0.0622. The molecule has 16 heavy (non-hydrogen) atoms. The molecule has 1 aliphatic rings. The maximum absolute atomic E-state index is 11.7. The van der Waals surface area contributed by atoms with E-state index in [4.69, 9.17) is 9.47 Å². The molecule has 1 fully saturated rings. The number of amides is 1. The molecule has 0 aromatic carbocycles. The summed E-state index contributed by atoms with van der Waals surface area (Å²) in [6, 6.07) is -0.236. The van der Waals surface area contributed by atoms with Gasteiger partial charge >= 0.3 is 0 Å². The van der Waals surface area contributed by atoms with Crippen LogP contribution in [-0.4, -0.2) is 51.0 Å². The van der Waals surface area contributed by atoms with Gasteiger partial charge in [-0.05, 0) is 13.8 Å². The van der Waals surface area contributed by atoms with Gasteiger partial charge < -0.3 is 20.1 Å². The quantitative estimate of drug-likeness (QED) is 0.673. The Morgan fingerprint density at radius 2 is 2.38 bits per heavy atom. The van der Waals surface area contributed by atoms with Crippen LogP contribution in [0.5, 0.6) is 0 Å². The van der Waals surface area contributed by atoms with Crippen LogP contribution in [0.4, 0.5) is 0 Å². The Morgan fingerprint density at radius 3 is 3.00 bits per heavy atom. The minimum atomic E-state index is -0.236. The first-order valence-electron chi connectivity index (χ1n) is 5.46. The molecular weight excluding hydrogens is 232 g/mol. The second-order valence-corrected chi connectivity index (χ2v) is 3.50. The van der Waals surface area contributed by atoms with Gasteiger partial charge in [0.05, 0.1) is 19.3 Å². The van der Waals surface area contributed by atoms with E-state index >= 15 is 0 Å². The standard InChI is InChI=1S/C10H20N2O3.ClH/c1-3-14-6-4-12-10(13)9-8(2)15-7-5-11-9;/h8-9,11H,3-7H2,1-2H3,(H,12,13);1H/t8-,9+;/m1./s1. The molecule has 0 aromatic rings. The minimum absolute atomic E-state index is 0. The maximum Gasteiger partial charge on any atom is 0.239 e. The molecule has 1 saturated heterocycles. The van der Waals surface area contributed by atoms with Gasteiger partial charge in [0, 0.05) is 19.7 Å². The van der Waals surface area contributed by atoms with Crippen LogP contribution in [0.1, 0.15) is 13.8 Å². The first-order chi connectivity index (χ1) is 7.25. The smallest absolute Gasteiger partial charge is 0.239 e. The third-order valence-electron chi connectivity index (χ3n) is 2.35. The number of halogens is 1. The molecule has 2 N–H and O–H groups in total. The van der Waals surface area contributed by atoms with E-state index in [1.807, 2.05) is 13.8 Å². The van der Waals surface area contributed by atoms with Crippen LogP contribution in [0.15, 0.2) is 0 Å². The Balaban J connectivity index is 0.00000225. The van der Waals surface area contributed by atoms with Crippen molar-refractivity contribution in [3.8, 4) is 0 Å². The van der Waals surface area contributed by atoms with E-state index < -0.39 is 0 Å². The van der Waals surface area contributed by atoms with Crippen LogP contribution in [0.3, 0.4) is 0 Å². The number of carbonyl (C=O) groups excluding carboxylic acids is 1. The van der Waals surface area contributed by atoms with Gasteiger partial charge in [-0.15, -0.1) is 12.4 Å². The van der Waals surface area contributed by atoms with E-state index in [0.29, 0.717) is 26.4 Å². The van der Waals surface area contributed by atoms with Crippen LogP contribution < -0.4 is 10.6 Å². The van der Waals surface area contributed by atoms with Crippen molar-refractivity contribution in [1.82, 2.24) is 10.6 Å². The molecule has 1 heterocycles. The lowest BCUT2D eigenvalue weighted by molar-refractivity contribution is -0.129. The van der Waals surface area contributed by atoms with E-state index in [9.17, 15) is 4.79 Å². The highest BCUT2D eigenvalue weighted by Gasteiger charge is 2.27. The van der Waals surface area contributed by atoms with Crippen molar-refractivity contribution in [3.63, 3.8) is 0 Å². The summed E-state index contributed by atoms with van der Waals surface area (Å²) >= 11 is 0. The van der Waals surface area contributed by atoms with E-state index in [0.717, 1.165) is 6.54 Å². The zero-order chi connectivity index (χ0) is 11.1. The molecule has 0 radical (unpaired) electrons. The van der Waals surface area contributed by atoms with Crippen LogP contribution >= 0.6 is 12.4 Å². The van der Waals surface area contributed by atoms with E-state index in [1.165, 1.54) is 0 Å². The second-order valence-electron chi connectivity index (χ2n) is 3.50. The lowest BCUT2D eigenvalue weighted by Gasteiger charge is -2.29. The van der Waals surface area contributed by atoms with Gasteiger partial charge in [0.1, 0.15) is 6.04 Å². The third kappa shape index (κ3) is 5.12. The number of carbonyl (C=O) groups is 1. The predicted molar refractivity (Wildman–Crippen MR) is 64.0 cm³/mol. The molecule has 96 valence electrons. The summed E-state index contributed by atoms with van der Waals surface area (Å²) in [6.45, 7) is 7.02. The summed E-state index contributed by atoms with van der Waals surface area (Å²) in [5, 5.41) is 5.94. The maximum atomic E-state index is 11.7. The van der Waals surface area contributed by atoms with E-state index in [-0.39, 0.29) is 30.5 Å². The molecule has 2 atom stereocenters. The molecule has 1 rings (SSSR count). The Labute approximate surface area is 103 Å². The van der Waals surface area contributed by atoms with Crippen LogP contribution in [0.2, 0.25) is 0 Å². The third-order valence-corrected chi connectivity index (χ3v) is 2.35. The highest BCUT2D eigenvalue weighted by Crippen LogP contribution is 2.03. The highest BCUT2D eigenvalue weighted by atomic mass is 35.5. The summed E-state index contributed by atoms with van der Waals surface area (Å²) < 4.78 is 10.5. The Kier molecular flexibility index (Phi) is 8.56. The van der Waals surface area contributed by atoms with Gasteiger partial charge in [-0.3, -0.25) is 4.79 Å². The minimum Gasteiger partial charge on any atom is -0.380 e. The lowest BCUT2D eigenvalue weighted by atomic mass is 10.1. The van der Waals surface area contributed by atoms with E-state index in [2.05, 4.69) is 10.6 Å². The topological polar surface area (TPSA) is 59.6 Å². The molecule has 1 amide bonds. The monoisotopic (exact) mass is 252 g/mol. The Morgan fingerprint density at radius 1 is 1.62 bits per heavy atom. The average molecular weight is 253 g/mol. The van der Waals surface area contributed by atoms with Crippen molar-refractivity contribution < 1.29 is 14.3 Å². The first kappa shape index (κ1) is 15.6. The summed E-state index contributed by atoms with van der Waals surface area (Å²) in [4.78, 5) is 11.7. The zero-order valence-electron chi connectivity index (χ0n) is 9.82. The van der Waals surface area contributed by atoms with Crippen molar-refractivity contribution >= 4 is 18.3 Å². The number of rotatable bonds is 5. The van der Waals surface area contributed by atoms with Gasteiger partial charge in [-0.25, -0.2) is 0 Å². The number of hydrogen-bond donors (Lipinski definition) is 2. The number of hydrogen-bond acceptors (Lipinski definition) is 4. The molecule has 0 saturated carbocycles. The SMILES string of the molecule is CCOCCNC(=O)[C@H]1NCCO[C@@H]1C.Cl. The molecule has 0 aromatic heterocycles. The molecule has 0 unspecified atom stereocenters. The normalized spacial score (nSPS) is 24.6. The van der Waals surface area contributed by atoms with Gasteiger partial charge in [0.2, 0.25) is 5.91 Å². The van der Waals surface area contributed by atoms with Crippen molar-refractivity contribution in [2.75, 3.05) is 32.9 Å². The van der Waals surface area contributed by atoms with Crippen LogP contribution in [0.25, 0.3) is 0 Å². The number of nitrogens with one attached hydrogen (secondary N) is 2. The summed E-state index contributed by atoms with van der Waals surface area (Å²) in [5.74, 6) is -0.0121. The first-order valence-corrected chi connectivity index (χ1v) is 5.46. The zero-order valence-corrected chi connectivity index (χ0v) is 10.6. The van der Waals surface area contributed by atoms with E-state index in [1.54, 1.807) is 0 Å². The van der Waals surface area contributed by atoms with Gasteiger partial charge in [-0.1, -0.05) is 0 Å². The van der Waals surface area contributed by atoms with Crippen molar-refractivity contribution in [2.45, 2.75) is 26.0 Å². The van der Waals surface area contributed by atoms with Crippen molar-refractivity contribution in [2.24, 2.45) is 0 Å². The van der Waals surface area contributed by atoms with Crippen molar-refractivity contribution in [3.05, 3.63) is 0 Å². The highest BCUT2D eigenvalue weighted by molar-refractivity contribution is 5.85. The fourth-order valence-corrected chi connectivity index (χ4v) is 1.53. The molecule has 6 heteroatoms. The number of morpholine rings is 1. The molecule has 0 aliphatic carbocycles. The molecule has 0 spiro atoms. The summed E-state index contributed by atoms with van der Waals surface area (Å²) in [7, 11) is 0. The molecular formula is C10H21ClN2O3. The largest absolute Gasteiger partial charge is 0.380 e. The molecule has 0 bridgehead atoms. The lowest BCUT2D eigenvalue weighted by Crippen LogP contribution is -2.55. The van der Waals surface area contributed by atoms with Crippen molar-refractivity contribution in [1.29, 1.82) is 0 Å². The summed E-state index contributed by atoms with van der Waals surface area (Å²) in [5.41, 5.74) is 0. The second kappa shape index (κ2) is 8.75. The van der Waals surface area contributed by atoms with Gasteiger partial charge in [0.25, 0.3) is 0 Å². The fourth-order valence-electron chi connectivity index (χ4n) is 1.53. The Bertz CT molecular complexity index is 205. The molecule has 1 aliphatic heterocycles.